The molecule has 0 bridgehead atoms. The summed E-state index contributed by atoms with van der Waals surface area (Å²) < 4.78 is 0. The fraction of sp³-hybridized carbons (Fsp3) is 0.333. The van der Waals surface area contributed by atoms with Gasteiger partial charge in [0.1, 0.15) is 6.54 Å². The highest BCUT2D eigenvalue weighted by Gasteiger charge is 2.47. The lowest BCUT2D eigenvalue weighted by molar-refractivity contribution is -0.142. The van der Waals surface area contributed by atoms with Crippen LogP contribution in [-0.4, -0.2) is 34.2 Å². The van der Waals surface area contributed by atoms with Crippen LogP contribution in [0.15, 0.2) is 41.8 Å². The molecule has 2 atom stereocenters. The van der Waals surface area contributed by atoms with Crippen LogP contribution in [0.5, 0.6) is 0 Å². The van der Waals surface area contributed by atoms with Crippen molar-refractivity contribution in [3.8, 4) is 11.3 Å². The van der Waals surface area contributed by atoms with Gasteiger partial charge in [0.05, 0.1) is 17.5 Å². The van der Waals surface area contributed by atoms with E-state index < -0.39 is 5.91 Å². The summed E-state index contributed by atoms with van der Waals surface area (Å²) in [6.07, 6.45) is 5.98. The van der Waals surface area contributed by atoms with Crippen LogP contribution in [0.1, 0.15) is 25.3 Å². The number of nitrogens with zero attached hydrogens (tertiary/aromatic N) is 2. The van der Waals surface area contributed by atoms with Gasteiger partial charge in [-0.1, -0.05) is 43.3 Å². The number of carbonyl (C=O) groups is 3. The second-order valence-corrected chi connectivity index (χ2v) is 7.91. The van der Waals surface area contributed by atoms with Crippen LogP contribution >= 0.6 is 11.3 Å². The molecule has 2 aliphatic rings. The third kappa shape index (κ3) is 3.49. The number of hydrogen-bond donors (Lipinski definition) is 1. The molecule has 1 aliphatic carbocycles. The highest BCUT2D eigenvalue weighted by molar-refractivity contribution is 7.14. The number of aromatic nitrogens is 1. The molecule has 28 heavy (non-hydrogen) atoms. The van der Waals surface area contributed by atoms with E-state index in [1.54, 1.807) is 0 Å². The van der Waals surface area contributed by atoms with Gasteiger partial charge in [-0.05, 0) is 24.8 Å². The molecule has 1 N–H and O–H groups in total. The van der Waals surface area contributed by atoms with Gasteiger partial charge in [0.15, 0.2) is 5.13 Å². The van der Waals surface area contributed by atoms with Gasteiger partial charge in [-0.15, -0.1) is 11.3 Å². The summed E-state index contributed by atoms with van der Waals surface area (Å²) in [6.45, 7) is 1.84. The van der Waals surface area contributed by atoms with E-state index in [0.29, 0.717) is 18.0 Å². The number of benzene rings is 1. The van der Waals surface area contributed by atoms with Crippen LogP contribution in [0.25, 0.3) is 11.3 Å². The Morgan fingerprint density at radius 1 is 1.14 bits per heavy atom. The topological polar surface area (TPSA) is 79.4 Å². The molecular formula is C21H21N3O3S. The monoisotopic (exact) mass is 395 g/mol. The number of anilines is 1. The molecule has 7 heteroatoms. The third-order valence-corrected chi connectivity index (χ3v) is 6.07. The smallest absolute Gasteiger partial charge is 0.246 e. The SMILES string of the molecule is CCc1ccc(-c2csc(NC(=O)CN3C(=O)[C@H]4CC=CC[C@H]4C3=O)n2)cc1. The van der Waals surface area contributed by atoms with Crippen LogP contribution in [0.2, 0.25) is 0 Å². The van der Waals surface area contributed by atoms with Crippen molar-refractivity contribution in [2.45, 2.75) is 26.2 Å². The van der Waals surface area contributed by atoms with E-state index in [2.05, 4.69) is 29.4 Å². The van der Waals surface area contributed by atoms with Crippen molar-refractivity contribution in [2.75, 3.05) is 11.9 Å². The van der Waals surface area contributed by atoms with Gasteiger partial charge in [0, 0.05) is 10.9 Å². The molecule has 0 spiro atoms. The van der Waals surface area contributed by atoms with Crippen LogP contribution in [0.4, 0.5) is 5.13 Å². The largest absolute Gasteiger partial charge is 0.300 e. The standard InChI is InChI=1S/C21H21N3O3S/c1-2-13-7-9-14(10-8-13)17-12-28-21(22-17)23-18(25)11-24-19(26)15-5-3-4-6-16(15)20(24)27/h3-4,7-10,12,15-16H,2,5-6,11H2,1H3,(H,22,23,25)/t15-,16+. The predicted molar refractivity (Wildman–Crippen MR) is 108 cm³/mol. The van der Waals surface area contributed by atoms with Crippen molar-refractivity contribution in [3.63, 3.8) is 0 Å². The minimum absolute atomic E-state index is 0.245. The van der Waals surface area contributed by atoms with Crippen LogP contribution < -0.4 is 5.32 Å². The lowest BCUT2D eigenvalue weighted by atomic mass is 9.85. The molecular weight excluding hydrogens is 374 g/mol. The van der Waals surface area contributed by atoms with Crippen molar-refractivity contribution in [1.29, 1.82) is 0 Å². The zero-order valence-corrected chi connectivity index (χ0v) is 16.4. The average molecular weight is 395 g/mol. The van der Waals surface area contributed by atoms with E-state index in [-0.39, 0.29) is 30.2 Å². The van der Waals surface area contributed by atoms with Gasteiger partial charge in [-0.2, -0.15) is 0 Å². The Bertz CT molecular complexity index is 922. The fourth-order valence-electron chi connectivity index (χ4n) is 3.70. The maximum absolute atomic E-state index is 12.5. The van der Waals surface area contributed by atoms with Crippen LogP contribution in [-0.2, 0) is 20.8 Å². The van der Waals surface area contributed by atoms with E-state index in [9.17, 15) is 14.4 Å². The Morgan fingerprint density at radius 2 is 1.79 bits per heavy atom. The summed E-state index contributed by atoms with van der Waals surface area (Å²) in [5.41, 5.74) is 3.02. The lowest BCUT2D eigenvalue weighted by Crippen LogP contribution is -2.38. The van der Waals surface area contributed by atoms with Crippen molar-refractivity contribution >= 4 is 34.2 Å². The highest BCUT2D eigenvalue weighted by atomic mass is 32.1. The molecule has 1 aliphatic heterocycles. The van der Waals surface area contributed by atoms with Crippen molar-refractivity contribution in [3.05, 3.63) is 47.4 Å². The number of fused-ring (bicyclic) bond motifs is 1. The van der Waals surface area contributed by atoms with Crippen LogP contribution in [0, 0.1) is 11.8 Å². The molecule has 2 aromatic rings. The molecule has 1 saturated heterocycles. The first kappa shape index (κ1) is 18.6. The maximum Gasteiger partial charge on any atom is 0.246 e. The Kier molecular flexibility index (Phi) is 5.09. The number of aryl methyl sites for hydroxylation is 1. The summed E-state index contributed by atoms with van der Waals surface area (Å²) in [5, 5.41) is 5.04. The first-order valence-electron chi connectivity index (χ1n) is 9.41. The summed E-state index contributed by atoms with van der Waals surface area (Å²) >= 11 is 1.32. The predicted octanol–water partition coefficient (Wildman–Crippen LogP) is 3.26. The average Bonchev–Trinajstić information content (AvgIpc) is 3.27. The minimum Gasteiger partial charge on any atom is -0.300 e. The van der Waals surface area contributed by atoms with Gasteiger partial charge in [0.2, 0.25) is 17.7 Å². The number of amides is 3. The zero-order chi connectivity index (χ0) is 19.7. The Balaban J connectivity index is 1.40. The molecule has 1 aromatic carbocycles. The number of thiazole rings is 1. The number of rotatable bonds is 5. The molecule has 0 radical (unpaired) electrons. The summed E-state index contributed by atoms with van der Waals surface area (Å²) in [5.74, 6) is -1.53. The Labute approximate surface area is 167 Å². The van der Waals surface area contributed by atoms with E-state index in [1.807, 2.05) is 29.7 Å². The Morgan fingerprint density at radius 3 is 2.39 bits per heavy atom. The van der Waals surface area contributed by atoms with Gasteiger partial charge >= 0.3 is 0 Å². The zero-order valence-electron chi connectivity index (χ0n) is 15.6. The minimum atomic E-state index is -0.407. The summed E-state index contributed by atoms with van der Waals surface area (Å²) in [4.78, 5) is 42.8. The molecule has 144 valence electrons. The van der Waals surface area contributed by atoms with Gasteiger partial charge in [0.25, 0.3) is 0 Å². The van der Waals surface area contributed by atoms with E-state index in [0.717, 1.165) is 22.6 Å². The van der Waals surface area contributed by atoms with Gasteiger partial charge in [-0.3, -0.25) is 19.3 Å². The highest BCUT2D eigenvalue weighted by Crippen LogP contribution is 2.35. The van der Waals surface area contributed by atoms with Crippen LogP contribution in [0.3, 0.4) is 0 Å². The lowest BCUT2D eigenvalue weighted by Gasteiger charge is -2.14. The maximum atomic E-state index is 12.5. The van der Waals surface area contributed by atoms with E-state index >= 15 is 0 Å². The van der Waals surface area contributed by atoms with Crippen molar-refractivity contribution < 1.29 is 14.4 Å². The number of likely N-dealkylation sites (tertiary alicyclic amines) is 1. The fourth-order valence-corrected chi connectivity index (χ4v) is 4.44. The van der Waals surface area contributed by atoms with Crippen molar-refractivity contribution in [2.24, 2.45) is 11.8 Å². The van der Waals surface area contributed by atoms with E-state index in [1.165, 1.54) is 16.9 Å². The molecule has 0 unspecified atom stereocenters. The first-order valence-corrected chi connectivity index (χ1v) is 10.3. The Hall–Kier alpha value is -2.80. The number of hydrogen-bond acceptors (Lipinski definition) is 5. The molecule has 4 rings (SSSR count). The molecule has 6 nitrogen and oxygen atoms in total. The third-order valence-electron chi connectivity index (χ3n) is 5.31. The second kappa shape index (κ2) is 7.67. The second-order valence-electron chi connectivity index (χ2n) is 7.05. The molecule has 3 amide bonds. The molecule has 2 heterocycles. The van der Waals surface area contributed by atoms with Gasteiger partial charge < -0.3 is 5.32 Å². The van der Waals surface area contributed by atoms with E-state index in [4.69, 9.17) is 0 Å². The van der Waals surface area contributed by atoms with Gasteiger partial charge in [-0.25, -0.2) is 4.98 Å². The summed E-state index contributed by atoms with van der Waals surface area (Å²) in [6, 6.07) is 8.14. The van der Waals surface area contributed by atoms with Crippen molar-refractivity contribution in [1.82, 2.24) is 9.88 Å². The molecule has 0 saturated carbocycles. The molecule has 1 aromatic heterocycles. The number of nitrogens with one attached hydrogen (secondary N) is 1. The molecule has 1 fully saturated rings. The number of allylic oxidation sites excluding steroid dienone is 2. The first-order chi connectivity index (χ1) is 13.6. The number of imide groups is 1. The normalized spacial score (nSPS) is 21.1. The summed E-state index contributed by atoms with van der Waals surface area (Å²) in [7, 11) is 0. The quantitative estimate of drug-likeness (QED) is 0.623. The number of carbonyl (C=O) groups excluding carboxylic acids is 3.